The van der Waals surface area contributed by atoms with Gasteiger partial charge in [-0.2, -0.15) is 18.3 Å². The van der Waals surface area contributed by atoms with E-state index < -0.39 is 18.3 Å². The van der Waals surface area contributed by atoms with Gasteiger partial charge in [-0.1, -0.05) is 19.1 Å². The van der Waals surface area contributed by atoms with Gasteiger partial charge in [0.15, 0.2) is 0 Å². The number of rotatable bonds is 5. The van der Waals surface area contributed by atoms with Crippen LogP contribution < -0.4 is 10.9 Å². The first-order valence-corrected chi connectivity index (χ1v) is 9.57. The molecule has 0 saturated carbocycles. The average Bonchev–Trinajstić information content (AvgIpc) is 3.19. The third-order valence-electron chi connectivity index (χ3n) is 4.96. The molecule has 0 aliphatic rings. The lowest BCUT2D eigenvalue weighted by Gasteiger charge is -2.15. The zero-order valence-corrected chi connectivity index (χ0v) is 16.5. The van der Waals surface area contributed by atoms with Crippen molar-refractivity contribution >= 4 is 27.6 Å². The molecule has 0 fully saturated rings. The Bertz CT molecular complexity index is 1290. The van der Waals surface area contributed by atoms with Crippen LogP contribution in [-0.4, -0.2) is 32.5 Å². The number of aromatic nitrogens is 4. The minimum Gasteiger partial charge on any atom is -0.370 e. The molecular formula is C21H20F3N5O. The van der Waals surface area contributed by atoms with Gasteiger partial charge in [0, 0.05) is 23.2 Å². The summed E-state index contributed by atoms with van der Waals surface area (Å²) in [5.74, 6) is 0.743. The highest BCUT2D eigenvalue weighted by atomic mass is 19.4. The van der Waals surface area contributed by atoms with Crippen LogP contribution in [0, 0.1) is 6.92 Å². The normalized spacial score (nSPS) is 12.0. The Hall–Kier alpha value is -3.36. The third kappa shape index (κ3) is 3.62. The van der Waals surface area contributed by atoms with Crippen molar-refractivity contribution < 1.29 is 13.2 Å². The molecular weight excluding hydrogens is 395 g/mol. The Labute approximate surface area is 169 Å². The standard InChI is InChI=1S/C21H20F3N5O/c1-3-8-25-18-7-6-14(12(2)27-18)13-4-5-15-17(9-13)29(11-21(22,23)24)20(30)16-10-26-28-19(15)16/h4-7,9-10H,3,8,11H2,1-2H3,(H,25,27)(H,26,28). The summed E-state index contributed by atoms with van der Waals surface area (Å²) in [7, 11) is 0. The average molecular weight is 415 g/mol. The number of H-pyrrole nitrogens is 1. The molecule has 4 aromatic rings. The lowest BCUT2D eigenvalue weighted by molar-refractivity contribution is -0.140. The summed E-state index contributed by atoms with van der Waals surface area (Å²) in [6, 6.07) is 8.84. The minimum absolute atomic E-state index is 0.128. The second-order valence-electron chi connectivity index (χ2n) is 7.15. The molecule has 0 unspecified atom stereocenters. The Morgan fingerprint density at radius 2 is 1.97 bits per heavy atom. The number of halogens is 3. The number of hydrogen-bond donors (Lipinski definition) is 2. The predicted molar refractivity (Wildman–Crippen MR) is 111 cm³/mol. The van der Waals surface area contributed by atoms with Crippen LogP contribution in [0.3, 0.4) is 0 Å². The van der Waals surface area contributed by atoms with Gasteiger partial charge in [0.2, 0.25) is 0 Å². The number of fused-ring (bicyclic) bond motifs is 3. The summed E-state index contributed by atoms with van der Waals surface area (Å²) >= 11 is 0. The molecule has 0 bridgehead atoms. The highest BCUT2D eigenvalue weighted by molar-refractivity contribution is 6.04. The van der Waals surface area contributed by atoms with Crippen LogP contribution in [0.2, 0.25) is 0 Å². The van der Waals surface area contributed by atoms with Crippen molar-refractivity contribution in [2.75, 3.05) is 11.9 Å². The summed E-state index contributed by atoms with van der Waals surface area (Å²) in [4.78, 5) is 17.3. The van der Waals surface area contributed by atoms with Gasteiger partial charge >= 0.3 is 6.18 Å². The molecule has 0 spiro atoms. The molecule has 4 rings (SSSR count). The second kappa shape index (κ2) is 7.47. The molecule has 3 aromatic heterocycles. The molecule has 3 heterocycles. The van der Waals surface area contributed by atoms with Gasteiger partial charge in [-0.15, -0.1) is 0 Å². The van der Waals surface area contributed by atoms with Gasteiger partial charge < -0.3 is 5.32 Å². The third-order valence-corrected chi connectivity index (χ3v) is 4.96. The van der Waals surface area contributed by atoms with E-state index in [9.17, 15) is 18.0 Å². The van der Waals surface area contributed by atoms with Crippen LogP contribution >= 0.6 is 0 Å². The van der Waals surface area contributed by atoms with Crippen molar-refractivity contribution in [3.8, 4) is 11.1 Å². The number of aryl methyl sites for hydroxylation is 1. The van der Waals surface area contributed by atoms with E-state index in [1.165, 1.54) is 6.20 Å². The highest BCUT2D eigenvalue weighted by Gasteiger charge is 2.30. The van der Waals surface area contributed by atoms with Crippen LogP contribution in [-0.2, 0) is 6.54 Å². The van der Waals surface area contributed by atoms with Crippen molar-refractivity contribution in [1.29, 1.82) is 0 Å². The van der Waals surface area contributed by atoms with Gasteiger partial charge in [-0.3, -0.25) is 14.5 Å². The molecule has 30 heavy (non-hydrogen) atoms. The van der Waals surface area contributed by atoms with E-state index >= 15 is 0 Å². The first kappa shape index (κ1) is 19.9. The monoisotopic (exact) mass is 415 g/mol. The first-order chi connectivity index (χ1) is 14.3. The predicted octanol–water partition coefficient (Wildman–Crippen LogP) is 4.63. The van der Waals surface area contributed by atoms with Gasteiger partial charge in [-0.05, 0) is 37.1 Å². The SMILES string of the molecule is CCCNc1ccc(-c2ccc3c4[nH]ncc4c(=O)n(CC(F)(F)F)c3c2)c(C)n1. The van der Waals surface area contributed by atoms with E-state index in [1.807, 2.05) is 25.1 Å². The molecule has 0 radical (unpaired) electrons. The molecule has 1 aromatic carbocycles. The van der Waals surface area contributed by atoms with Crippen LogP contribution in [0.5, 0.6) is 0 Å². The van der Waals surface area contributed by atoms with Crippen molar-refractivity contribution in [2.24, 2.45) is 0 Å². The lowest BCUT2D eigenvalue weighted by atomic mass is 10.0. The number of benzene rings is 1. The molecule has 0 amide bonds. The van der Waals surface area contributed by atoms with Crippen LogP contribution in [0.15, 0.2) is 41.3 Å². The van der Waals surface area contributed by atoms with E-state index in [2.05, 4.69) is 27.4 Å². The van der Waals surface area contributed by atoms with Gasteiger partial charge in [0.05, 0.1) is 22.6 Å². The maximum atomic E-state index is 13.2. The van der Waals surface area contributed by atoms with Gasteiger partial charge in [0.1, 0.15) is 12.4 Å². The van der Waals surface area contributed by atoms with Crippen LogP contribution in [0.1, 0.15) is 19.0 Å². The first-order valence-electron chi connectivity index (χ1n) is 9.57. The molecule has 9 heteroatoms. The molecule has 6 nitrogen and oxygen atoms in total. The second-order valence-corrected chi connectivity index (χ2v) is 7.15. The Kier molecular flexibility index (Phi) is 4.97. The quantitative estimate of drug-likeness (QED) is 0.498. The number of anilines is 1. The van der Waals surface area contributed by atoms with E-state index in [1.54, 1.807) is 12.1 Å². The molecule has 0 aliphatic carbocycles. The summed E-state index contributed by atoms with van der Waals surface area (Å²) < 4.78 is 40.4. The zero-order valence-electron chi connectivity index (χ0n) is 16.5. The van der Waals surface area contributed by atoms with Crippen molar-refractivity contribution in [1.82, 2.24) is 19.7 Å². The minimum atomic E-state index is -4.53. The molecule has 156 valence electrons. The Balaban J connectivity index is 1.91. The van der Waals surface area contributed by atoms with E-state index in [0.29, 0.717) is 16.5 Å². The van der Waals surface area contributed by atoms with E-state index in [4.69, 9.17) is 0 Å². The van der Waals surface area contributed by atoms with Crippen molar-refractivity contribution in [3.63, 3.8) is 0 Å². The fraction of sp³-hybridized carbons (Fsp3) is 0.286. The number of pyridine rings is 2. The molecule has 0 aliphatic heterocycles. The summed E-state index contributed by atoms with van der Waals surface area (Å²) in [5, 5.41) is 10.4. The van der Waals surface area contributed by atoms with Crippen LogP contribution in [0.25, 0.3) is 32.9 Å². The topological polar surface area (TPSA) is 75.6 Å². The summed E-state index contributed by atoms with van der Waals surface area (Å²) in [6.07, 6.45) is -2.31. The maximum absolute atomic E-state index is 13.2. The molecule has 0 saturated heterocycles. The zero-order chi connectivity index (χ0) is 21.5. The number of nitrogens with zero attached hydrogens (tertiary/aromatic N) is 3. The number of alkyl halides is 3. The fourth-order valence-corrected chi connectivity index (χ4v) is 3.60. The Morgan fingerprint density at radius 3 is 2.67 bits per heavy atom. The van der Waals surface area contributed by atoms with Crippen LogP contribution in [0.4, 0.5) is 19.0 Å². The lowest BCUT2D eigenvalue weighted by Crippen LogP contribution is -2.28. The van der Waals surface area contributed by atoms with Gasteiger partial charge in [-0.25, -0.2) is 4.98 Å². The summed E-state index contributed by atoms with van der Waals surface area (Å²) in [6.45, 7) is 3.33. The number of hydrogen-bond acceptors (Lipinski definition) is 4. The summed E-state index contributed by atoms with van der Waals surface area (Å²) in [5.41, 5.74) is 2.10. The fourth-order valence-electron chi connectivity index (χ4n) is 3.60. The van der Waals surface area contributed by atoms with Crippen molar-refractivity contribution in [2.45, 2.75) is 33.0 Å². The number of nitrogens with one attached hydrogen (secondary N) is 2. The smallest absolute Gasteiger partial charge is 0.370 e. The van der Waals surface area contributed by atoms with E-state index in [0.717, 1.165) is 34.6 Å². The largest absolute Gasteiger partial charge is 0.406 e. The molecule has 0 atom stereocenters. The highest BCUT2D eigenvalue weighted by Crippen LogP contribution is 2.30. The Morgan fingerprint density at radius 1 is 1.17 bits per heavy atom. The molecule has 2 N–H and O–H groups in total. The van der Waals surface area contributed by atoms with Crippen molar-refractivity contribution in [3.05, 3.63) is 52.6 Å². The van der Waals surface area contributed by atoms with E-state index in [-0.39, 0.29) is 10.9 Å². The van der Waals surface area contributed by atoms with Gasteiger partial charge in [0.25, 0.3) is 5.56 Å². The maximum Gasteiger partial charge on any atom is 0.406 e. The number of aromatic amines is 1.